The van der Waals surface area contributed by atoms with Crippen LogP contribution in [0.4, 0.5) is 5.69 Å². The molecule has 0 radical (unpaired) electrons. The number of nitrogens with one attached hydrogen (secondary N) is 2. The second-order valence-corrected chi connectivity index (χ2v) is 8.24. The number of esters is 1. The molecule has 2 N–H and O–H groups in total. The second kappa shape index (κ2) is 11.7. The van der Waals surface area contributed by atoms with Crippen molar-refractivity contribution in [2.24, 2.45) is 5.10 Å². The maximum Gasteiger partial charge on any atom is 0.345 e. The van der Waals surface area contributed by atoms with Crippen LogP contribution in [0, 0.1) is 6.92 Å². The molecule has 0 saturated carbocycles. The number of anilines is 1. The number of hydrogen-bond acceptors (Lipinski definition) is 6. The minimum absolute atomic E-state index is 0.137. The standard InChI is InChI=1S/C24H18Cl3N3O5/c1-13-17(26)4-3-5-19(13)29-22(31)23(32)30-28-12-14-6-9-20(21(10-14)34-2)35-24(33)16-8-7-15(25)11-18(16)27/h3-12H,1-2H3,(H,29,31)(H,30,32)/b28-12+. The van der Waals surface area contributed by atoms with E-state index in [4.69, 9.17) is 44.3 Å². The zero-order valence-corrected chi connectivity index (χ0v) is 20.7. The van der Waals surface area contributed by atoms with Gasteiger partial charge in [0.15, 0.2) is 11.5 Å². The van der Waals surface area contributed by atoms with Crippen molar-refractivity contribution in [2.75, 3.05) is 12.4 Å². The normalized spacial score (nSPS) is 10.7. The van der Waals surface area contributed by atoms with Crippen LogP contribution in [0.3, 0.4) is 0 Å². The molecule has 0 aliphatic rings. The maximum absolute atomic E-state index is 12.5. The molecule has 0 atom stereocenters. The third-order valence-electron chi connectivity index (χ3n) is 4.64. The van der Waals surface area contributed by atoms with Crippen molar-refractivity contribution in [3.63, 3.8) is 0 Å². The molecule has 3 aromatic carbocycles. The van der Waals surface area contributed by atoms with E-state index in [1.165, 1.54) is 43.7 Å². The van der Waals surface area contributed by atoms with Gasteiger partial charge in [0.2, 0.25) is 0 Å². The highest BCUT2D eigenvalue weighted by atomic mass is 35.5. The Kier molecular flexibility index (Phi) is 8.70. The molecule has 11 heteroatoms. The zero-order valence-electron chi connectivity index (χ0n) is 18.4. The summed E-state index contributed by atoms with van der Waals surface area (Å²) >= 11 is 17.9. The molecule has 0 heterocycles. The highest BCUT2D eigenvalue weighted by molar-refractivity contribution is 6.40. The molecule has 8 nitrogen and oxygen atoms in total. The van der Waals surface area contributed by atoms with Crippen LogP contribution >= 0.6 is 34.8 Å². The molecule has 35 heavy (non-hydrogen) atoms. The summed E-state index contributed by atoms with van der Waals surface area (Å²) in [7, 11) is 1.40. The van der Waals surface area contributed by atoms with Gasteiger partial charge in [-0.2, -0.15) is 5.10 Å². The van der Waals surface area contributed by atoms with Crippen LogP contribution in [-0.2, 0) is 9.59 Å². The summed E-state index contributed by atoms with van der Waals surface area (Å²) in [4.78, 5) is 36.6. The quantitative estimate of drug-likeness (QED) is 0.147. The van der Waals surface area contributed by atoms with Crippen molar-refractivity contribution in [3.8, 4) is 11.5 Å². The summed E-state index contributed by atoms with van der Waals surface area (Å²) in [6, 6.07) is 13.9. The smallest absolute Gasteiger partial charge is 0.345 e. The Bertz CT molecular complexity index is 1330. The van der Waals surface area contributed by atoms with Gasteiger partial charge in [-0.15, -0.1) is 0 Å². The van der Waals surface area contributed by atoms with Gasteiger partial charge in [0.05, 0.1) is 23.9 Å². The fraction of sp³-hybridized carbons (Fsp3) is 0.0833. The monoisotopic (exact) mass is 533 g/mol. The zero-order chi connectivity index (χ0) is 25.5. The number of hydrogen-bond donors (Lipinski definition) is 2. The predicted molar refractivity (Wildman–Crippen MR) is 135 cm³/mol. The van der Waals surface area contributed by atoms with E-state index >= 15 is 0 Å². The van der Waals surface area contributed by atoms with Crippen molar-refractivity contribution in [1.29, 1.82) is 0 Å². The molecule has 0 aromatic heterocycles. The SMILES string of the molecule is COc1cc(/C=N/NC(=O)C(=O)Nc2cccc(Cl)c2C)ccc1OC(=O)c1ccc(Cl)cc1Cl. The average Bonchev–Trinajstić information content (AvgIpc) is 2.82. The van der Waals surface area contributed by atoms with Gasteiger partial charge in [0, 0.05) is 15.7 Å². The number of halogens is 3. The summed E-state index contributed by atoms with van der Waals surface area (Å²) in [5.41, 5.74) is 3.81. The second-order valence-electron chi connectivity index (χ2n) is 6.99. The number of amides is 2. The molecule has 0 unspecified atom stereocenters. The molecular weight excluding hydrogens is 517 g/mol. The van der Waals surface area contributed by atoms with Crippen LogP contribution in [0.25, 0.3) is 0 Å². The van der Waals surface area contributed by atoms with E-state index in [-0.39, 0.29) is 22.1 Å². The molecule has 0 spiro atoms. The van der Waals surface area contributed by atoms with E-state index in [2.05, 4.69) is 15.8 Å². The summed E-state index contributed by atoms with van der Waals surface area (Å²) in [6.07, 6.45) is 1.29. The number of rotatable bonds is 6. The number of benzene rings is 3. The molecule has 0 bridgehead atoms. The van der Waals surface area contributed by atoms with Gasteiger partial charge in [0.25, 0.3) is 0 Å². The highest BCUT2D eigenvalue weighted by Crippen LogP contribution is 2.30. The third kappa shape index (κ3) is 6.73. The number of ether oxygens (including phenoxy) is 2. The summed E-state index contributed by atoms with van der Waals surface area (Å²) in [6.45, 7) is 1.71. The summed E-state index contributed by atoms with van der Waals surface area (Å²) in [5.74, 6) is -2.21. The van der Waals surface area contributed by atoms with Crippen molar-refractivity contribution in [1.82, 2.24) is 5.43 Å². The van der Waals surface area contributed by atoms with Crippen LogP contribution < -0.4 is 20.2 Å². The number of hydrazone groups is 1. The van der Waals surface area contributed by atoms with Crippen LogP contribution in [0.1, 0.15) is 21.5 Å². The van der Waals surface area contributed by atoms with Crippen LogP contribution in [0.5, 0.6) is 11.5 Å². The third-order valence-corrected chi connectivity index (χ3v) is 5.60. The molecule has 180 valence electrons. The van der Waals surface area contributed by atoms with Crippen molar-refractivity contribution in [2.45, 2.75) is 6.92 Å². The lowest BCUT2D eigenvalue weighted by molar-refractivity contribution is -0.136. The van der Waals surface area contributed by atoms with Gasteiger partial charge in [-0.05, 0) is 66.6 Å². The van der Waals surface area contributed by atoms with Crippen molar-refractivity contribution < 1.29 is 23.9 Å². The molecule has 0 saturated heterocycles. The Morgan fingerprint density at radius 3 is 2.40 bits per heavy atom. The van der Waals surface area contributed by atoms with Gasteiger partial charge in [0.1, 0.15) is 0 Å². The van der Waals surface area contributed by atoms with Crippen molar-refractivity contribution >= 4 is 64.5 Å². The predicted octanol–water partition coefficient (Wildman–Crippen LogP) is 5.27. The lowest BCUT2D eigenvalue weighted by atomic mass is 10.2. The first-order valence-corrected chi connectivity index (χ1v) is 11.1. The Morgan fingerprint density at radius 1 is 0.914 bits per heavy atom. The lowest BCUT2D eigenvalue weighted by Gasteiger charge is -2.11. The number of nitrogens with zero attached hydrogens (tertiary/aromatic N) is 1. The van der Waals surface area contributed by atoms with Gasteiger partial charge in [-0.1, -0.05) is 40.9 Å². The van der Waals surface area contributed by atoms with Gasteiger partial charge in [-0.25, -0.2) is 10.2 Å². The minimum Gasteiger partial charge on any atom is -0.493 e. The Morgan fingerprint density at radius 2 is 1.69 bits per heavy atom. The van der Waals surface area contributed by atoms with E-state index in [0.29, 0.717) is 26.9 Å². The Labute approximate surface area is 215 Å². The molecule has 3 rings (SSSR count). The number of methoxy groups -OCH3 is 1. The van der Waals surface area contributed by atoms with E-state index in [0.717, 1.165) is 0 Å². The van der Waals surface area contributed by atoms with E-state index in [1.807, 2.05) is 0 Å². The first kappa shape index (κ1) is 26.0. The average molecular weight is 535 g/mol. The maximum atomic E-state index is 12.5. The molecule has 0 aliphatic heterocycles. The summed E-state index contributed by atoms with van der Waals surface area (Å²) < 4.78 is 10.6. The molecular formula is C24H18Cl3N3O5. The van der Waals surface area contributed by atoms with Gasteiger partial charge < -0.3 is 14.8 Å². The lowest BCUT2D eigenvalue weighted by Crippen LogP contribution is -2.32. The molecule has 0 aliphatic carbocycles. The minimum atomic E-state index is -0.974. The largest absolute Gasteiger partial charge is 0.493 e. The Balaban J connectivity index is 1.63. The van der Waals surface area contributed by atoms with E-state index in [1.54, 1.807) is 31.2 Å². The van der Waals surface area contributed by atoms with Crippen molar-refractivity contribution in [3.05, 3.63) is 86.4 Å². The van der Waals surface area contributed by atoms with Gasteiger partial charge in [-0.3, -0.25) is 9.59 Å². The topological polar surface area (TPSA) is 106 Å². The first-order chi connectivity index (χ1) is 16.7. The van der Waals surface area contributed by atoms with Crippen LogP contribution in [0.2, 0.25) is 15.1 Å². The number of carbonyl (C=O) groups is 3. The molecule has 2 amide bonds. The van der Waals surface area contributed by atoms with E-state index < -0.39 is 17.8 Å². The van der Waals surface area contributed by atoms with E-state index in [9.17, 15) is 14.4 Å². The highest BCUT2D eigenvalue weighted by Gasteiger charge is 2.17. The van der Waals surface area contributed by atoms with Crippen LogP contribution in [-0.4, -0.2) is 31.1 Å². The molecule has 0 fully saturated rings. The fourth-order valence-electron chi connectivity index (χ4n) is 2.80. The summed E-state index contributed by atoms with van der Waals surface area (Å²) in [5, 5.41) is 7.24. The Hall–Kier alpha value is -3.59. The number of carbonyl (C=O) groups excluding carboxylic acids is 3. The first-order valence-electron chi connectivity index (χ1n) is 9.94. The van der Waals surface area contributed by atoms with Crippen LogP contribution in [0.15, 0.2) is 59.7 Å². The molecule has 3 aromatic rings. The fourth-order valence-corrected chi connectivity index (χ4v) is 3.46. The van der Waals surface area contributed by atoms with Gasteiger partial charge >= 0.3 is 17.8 Å².